The molecule has 3 saturated heterocycles. The Hall–Kier alpha value is -2.27. The number of rotatable bonds is 4. The van der Waals surface area contributed by atoms with Crippen molar-refractivity contribution in [1.29, 1.82) is 0 Å². The summed E-state index contributed by atoms with van der Waals surface area (Å²) in [6.07, 6.45) is 8.77. The van der Waals surface area contributed by atoms with E-state index in [-0.39, 0.29) is 5.91 Å². The summed E-state index contributed by atoms with van der Waals surface area (Å²) >= 11 is 0. The van der Waals surface area contributed by atoms with Crippen molar-refractivity contribution >= 4 is 5.91 Å². The van der Waals surface area contributed by atoms with Crippen molar-refractivity contribution in [2.75, 3.05) is 19.6 Å². The second-order valence-corrected chi connectivity index (χ2v) is 7.48. The molecule has 2 atom stereocenters. The van der Waals surface area contributed by atoms with E-state index in [1.165, 1.54) is 12.0 Å². The van der Waals surface area contributed by atoms with Crippen LogP contribution in [-0.4, -0.2) is 51.4 Å². The highest BCUT2D eigenvalue weighted by molar-refractivity contribution is 5.94. The third-order valence-corrected chi connectivity index (χ3v) is 5.70. The molecule has 5 heteroatoms. The molecule has 2 aromatic heterocycles. The van der Waals surface area contributed by atoms with Crippen molar-refractivity contribution in [1.82, 2.24) is 19.8 Å². The normalized spacial score (nSPS) is 23.0. The predicted molar refractivity (Wildman–Crippen MR) is 101 cm³/mol. The number of aromatic nitrogens is 2. The van der Waals surface area contributed by atoms with Crippen LogP contribution < -0.4 is 0 Å². The Bertz CT molecular complexity index is 746. The molecule has 0 aliphatic carbocycles. The highest BCUT2D eigenvalue weighted by Gasteiger charge is 2.36. The van der Waals surface area contributed by atoms with E-state index in [9.17, 15) is 4.79 Å². The summed E-state index contributed by atoms with van der Waals surface area (Å²) in [5.41, 5.74) is 3.15. The van der Waals surface area contributed by atoms with E-state index in [0.29, 0.717) is 12.0 Å². The van der Waals surface area contributed by atoms with E-state index in [1.54, 1.807) is 12.4 Å². The van der Waals surface area contributed by atoms with Crippen molar-refractivity contribution in [3.8, 4) is 0 Å². The van der Waals surface area contributed by atoms with Gasteiger partial charge in [-0.05, 0) is 48.9 Å². The number of pyridine rings is 2. The molecule has 0 radical (unpaired) electrons. The average molecular weight is 350 g/mol. The van der Waals surface area contributed by atoms with Gasteiger partial charge < -0.3 is 4.90 Å². The lowest BCUT2D eigenvalue weighted by atomic mass is 9.95. The Morgan fingerprint density at radius 2 is 1.96 bits per heavy atom. The lowest BCUT2D eigenvalue weighted by Gasteiger charge is -2.35. The summed E-state index contributed by atoms with van der Waals surface area (Å²) in [5.74, 6) is 0.686. The zero-order valence-electron chi connectivity index (χ0n) is 15.3. The van der Waals surface area contributed by atoms with Gasteiger partial charge in [0.15, 0.2) is 0 Å². The number of aryl methyl sites for hydroxylation is 1. The first-order valence-electron chi connectivity index (χ1n) is 9.60. The molecule has 0 spiro atoms. The fourth-order valence-corrected chi connectivity index (χ4v) is 4.18. The van der Waals surface area contributed by atoms with Crippen molar-refractivity contribution in [2.24, 2.45) is 5.92 Å². The second-order valence-electron chi connectivity index (χ2n) is 7.48. The third kappa shape index (κ3) is 3.63. The first kappa shape index (κ1) is 17.2. The lowest BCUT2D eigenvalue weighted by molar-refractivity contribution is 0.0735. The summed E-state index contributed by atoms with van der Waals surface area (Å²) in [5, 5.41) is 0. The molecule has 3 aliphatic heterocycles. The summed E-state index contributed by atoms with van der Waals surface area (Å²) in [4.78, 5) is 26.1. The quantitative estimate of drug-likeness (QED) is 0.851. The maximum absolute atomic E-state index is 12.9. The van der Waals surface area contributed by atoms with Crippen LogP contribution in [0.25, 0.3) is 0 Å². The molecule has 5 nitrogen and oxygen atoms in total. The average Bonchev–Trinajstić information content (AvgIpc) is 3.00. The van der Waals surface area contributed by atoms with Crippen LogP contribution >= 0.6 is 0 Å². The largest absolute Gasteiger partial charge is 0.337 e. The van der Waals surface area contributed by atoms with E-state index in [2.05, 4.69) is 33.9 Å². The molecule has 5 heterocycles. The van der Waals surface area contributed by atoms with E-state index >= 15 is 0 Å². The monoisotopic (exact) mass is 350 g/mol. The second kappa shape index (κ2) is 7.54. The summed E-state index contributed by atoms with van der Waals surface area (Å²) in [7, 11) is 0. The minimum absolute atomic E-state index is 0.136. The summed E-state index contributed by atoms with van der Waals surface area (Å²) in [6.45, 7) is 5.75. The predicted octanol–water partition coefficient (Wildman–Crippen LogP) is 2.78. The van der Waals surface area contributed by atoms with Gasteiger partial charge >= 0.3 is 0 Å². The van der Waals surface area contributed by atoms with Crippen LogP contribution in [0.3, 0.4) is 0 Å². The van der Waals surface area contributed by atoms with Gasteiger partial charge in [0.1, 0.15) is 0 Å². The third-order valence-electron chi connectivity index (χ3n) is 5.70. The van der Waals surface area contributed by atoms with Crippen molar-refractivity contribution in [3.63, 3.8) is 0 Å². The van der Waals surface area contributed by atoms with Gasteiger partial charge in [0.25, 0.3) is 5.91 Å². The molecule has 0 aromatic carbocycles. The van der Waals surface area contributed by atoms with Crippen LogP contribution in [-0.2, 0) is 13.0 Å². The van der Waals surface area contributed by atoms with Crippen molar-refractivity contribution < 1.29 is 4.79 Å². The van der Waals surface area contributed by atoms with Crippen LogP contribution in [0.2, 0.25) is 0 Å². The smallest absolute Gasteiger partial charge is 0.254 e. The molecule has 3 fully saturated rings. The zero-order chi connectivity index (χ0) is 17.9. The Morgan fingerprint density at radius 1 is 1.12 bits per heavy atom. The number of piperidine rings is 1. The van der Waals surface area contributed by atoms with Crippen LogP contribution in [0, 0.1) is 5.92 Å². The highest BCUT2D eigenvalue weighted by Crippen LogP contribution is 2.29. The Labute approximate surface area is 155 Å². The Morgan fingerprint density at radius 3 is 2.69 bits per heavy atom. The zero-order valence-corrected chi connectivity index (χ0v) is 15.3. The van der Waals surface area contributed by atoms with Gasteiger partial charge in [-0.2, -0.15) is 0 Å². The Kier molecular flexibility index (Phi) is 4.98. The first-order chi connectivity index (χ1) is 12.7. The van der Waals surface area contributed by atoms with Gasteiger partial charge in [-0.3, -0.25) is 19.7 Å². The van der Waals surface area contributed by atoms with Gasteiger partial charge in [0.2, 0.25) is 0 Å². The molecule has 26 heavy (non-hydrogen) atoms. The van der Waals surface area contributed by atoms with Crippen molar-refractivity contribution in [3.05, 3.63) is 59.7 Å². The van der Waals surface area contributed by atoms with Gasteiger partial charge in [0.05, 0.1) is 5.69 Å². The highest BCUT2D eigenvalue weighted by atomic mass is 16.2. The number of fused-ring (bicyclic) bond motifs is 4. The number of amides is 1. The van der Waals surface area contributed by atoms with Gasteiger partial charge in [-0.25, -0.2) is 0 Å². The maximum Gasteiger partial charge on any atom is 0.254 e. The number of hydrogen-bond donors (Lipinski definition) is 0. The maximum atomic E-state index is 12.9. The number of nitrogens with zero attached hydrogens (tertiary/aromatic N) is 4. The fraction of sp³-hybridized carbons (Fsp3) is 0.476. The SMILES string of the molecule is CCc1ccc(CN2C[C@H]3CC[C@@H]2CN(C(=O)c2ccncc2)C3)nc1. The van der Waals surface area contributed by atoms with Gasteiger partial charge in [-0.15, -0.1) is 0 Å². The van der Waals surface area contributed by atoms with E-state index in [0.717, 1.165) is 50.3 Å². The number of carbonyl (C=O) groups is 1. The molecule has 3 aliphatic rings. The minimum Gasteiger partial charge on any atom is -0.337 e. The van der Waals surface area contributed by atoms with Crippen LogP contribution in [0.5, 0.6) is 0 Å². The molecule has 0 unspecified atom stereocenters. The molecule has 2 bridgehead atoms. The minimum atomic E-state index is 0.136. The molecule has 2 aromatic rings. The summed E-state index contributed by atoms with van der Waals surface area (Å²) < 4.78 is 0. The van der Waals surface area contributed by atoms with Crippen LogP contribution in [0.4, 0.5) is 0 Å². The van der Waals surface area contributed by atoms with Crippen LogP contribution in [0.15, 0.2) is 42.9 Å². The fourth-order valence-electron chi connectivity index (χ4n) is 4.18. The molecular formula is C21H26N4O. The molecule has 1 amide bonds. The van der Waals surface area contributed by atoms with E-state index < -0.39 is 0 Å². The molecule has 136 valence electrons. The molecule has 0 saturated carbocycles. The van der Waals surface area contributed by atoms with Crippen molar-refractivity contribution in [2.45, 2.75) is 38.8 Å². The molecular weight excluding hydrogens is 324 g/mol. The number of carbonyl (C=O) groups excluding carboxylic acids is 1. The number of hydrogen-bond acceptors (Lipinski definition) is 4. The van der Waals surface area contributed by atoms with E-state index in [1.807, 2.05) is 23.2 Å². The molecule has 0 N–H and O–H groups in total. The standard InChI is InChI=1S/C21H26N4O/c1-2-16-3-5-19(23-11-16)14-24-12-17-4-6-20(24)15-25(13-17)21(26)18-7-9-22-10-8-18/h3,5,7-11,17,20H,2,4,6,12-15H2,1H3/t17-,20-/m1/s1. The topological polar surface area (TPSA) is 49.3 Å². The van der Waals surface area contributed by atoms with Gasteiger partial charge in [0, 0.05) is 56.4 Å². The summed E-state index contributed by atoms with van der Waals surface area (Å²) in [6, 6.07) is 8.37. The van der Waals surface area contributed by atoms with Crippen LogP contribution in [0.1, 0.15) is 41.4 Å². The van der Waals surface area contributed by atoms with E-state index in [4.69, 9.17) is 0 Å². The lowest BCUT2D eigenvalue weighted by Crippen LogP contribution is -2.44. The molecule has 5 rings (SSSR count). The Balaban J connectivity index is 1.46. The van der Waals surface area contributed by atoms with Gasteiger partial charge in [-0.1, -0.05) is 13.0 Å². The first-order valence-corrected chi connectivity index (χ1v) is 9.60.